The molecule has 1 fully saturated rings. The molecule has 0 spiro atoms. The molecule has 2 aromatic rings. The van der Waals surface area contributed by atoms with Crippen molar-refractivity contribution in [3.8, 4) is 0 Å². The second kappa shape index (κ2) is 8.84. The van der Waals surface area contributed by atoms with Crippen molar-refractivity contribution >= 4 is 27.0 Å². The van der Waals surface area contributed by atoms with Crippen LogP contribution < -0.4 is 5.32 Å². The van der Waals surface area contributed by atoms with Crippen LogP contribution >= 0.6 is 0 Å². The van der Waals surface area contributed by atoms with Crippen LogP contribution in [0.25, 0.3) is 0 Å². The molecular formula is C21H19F7N2O3S. The topological polar surface area (TPSA) is 79.3 Å². The van der Waals surface area contributed by atoms with Crippen molar-refractivity contribution in [2.24, 2.45) is 5.92 Å². The Hall–Kier alpha value is -2.67. The summed E-state index contributed by atoms with van der Waals surface area (Å²) in [5, 5.41) is 11.8. The molecule has 1 amide bonds. The van der Waals surface area contributed by atoms with E-state index in [0.717, 1.165) is 12.8 Å². The average molecular weight is 512 g/mol. The molecule has 1 aliphatic rings. The van der Waals surface area contributed by atoms with E-state index in [2.05, 4.69) is 16.2 Å². The monoisotopic (exact) mass is 512 g/mol. The van der Waals surface area contributed by atoms with E-state index in [9.17, 15) is 44.8 Å². The Balaban J connectivity index is 1.71. The Bertz CT molecular complexity index is 1160. The van der Waals surface area contributed by atoms with Crippen LogP contribution in [-0.2, 0) is 26.3 Å². The second-order valence-corrected chi connectivity index (χ2v) is 10.4. The predicted octanol–water partition coefficient (Wildman–Crippen LogP) is 4.20. The van der Waals surface area contributed by atoms with Gasteiger partial charge in [0.2, 0.25) is 5.91 Å². The second-order valence-electron chi connectivity index (χ2n) is 8.05. The van der Waals surface area contributed by atoms with E-state index >= 15 is 0 Å². The summed E-state index contributed by atoms with van der Waals surface area (Å²) in [5.74, 6) is 1.71. The SMILES string of the molecule is C=S(=O)(CC1CC1)c1ccc(CC(=O)Nc2ccc(C(O)(C(F)(F)F)C(F)(F)F)c(F)c2)cn1. The molecule has 186 valence electrons. The summed E-state index contributed by atoms with van der Waals surface area (Å²) in [6.07, 6.45) is -9.54. The Labute approximate surface area is 190 Å². The van der Waals surface area contributed by atoms with Crippen molar-refractivity contribution in [2.75, 3.05) is 11.1 Å². The van der Waals surface area contributed by atoms with Gasteiger partial charge in [-0.25, -0.2) is 9.37 Å². The number of anilines is 1. The lowest BCUT2D eigenvalue weighted by Gasteiger charge is -2.32. The van der Waals surface area contributed by atoms with Crippen molar-refractivity contribution in [3.05, 3.63) is 53.5 Å². The van der Waals surface area contributed by atoms with Crippen LogP contribution in [0.15, 0.2) is 41.6 Å². The summed E-state index contributed by atoms with van der Waals surface area (Å²) >= 11 is 0. The lowest BCUT2D eigenvalue weighted by atomic mass is 9.91. The maximum Gasteiger partial charge on any atom is 0.430 e. The first-order valence-electron chi connectivity index (χ1n) is 9.80. The first kappa shape index (κ1) is 25.9. The molecule has 3 rings (SSSR count). The van der Waals surface area contributed by atoms with Gasteiger partial charge in [0.1, 0.15) is 10.8 Å². The number of aliphatic hydroxyl groups is 1. The van der Waals surface area contributed by atoms with Crippen LogP contribution in [0, 0.1) is 11.7 Å². The number of amides is 1. The summed E-state index contributed by atoms with van der Waals surface area (Å²) in [6.45, 7) is 0. The Morgan fingerprint density at radius 3 is 2.21 bits per heavy atom. The highest BCUT2D eigenvalue weighted by molar-refractivity contribution is 8.00. The largest absolute Gasteiger partial charge is 0.430 e. The first-order valence-corrected chi connectivity index (χ1v) is 11.7. The summed E-state index contributed by atoms with van der Waals surface area (Å²) in [4.78, 5) is 16.3. The van der Waals surface area contributed by atoms with E-state index in [4.69, 9.17) is 0 Å². The third-order valence-corrected chi connectivity index (χ3v) is 7.22. The van der Waals surface area contributed by atoms with Crippen LogP contribution in [0.2, 0.25) is 0 Å². The van der Waals surface area contributed by atoms with Gasteiger partial charge in [-0.3, -0.25) is 9.00 Å². The zero-order valence-electron chi connectivity index (χ0n) is 17.3. The number of hydrogen-bond donors (Lipinski definition) is 2. The van der Waals surface area contributed by atoms with E-state index in [1.807, 2.05) is 0 Å². The van der Waals surface area contributed by atoms with Crippen LogP contribution in [-0.4, -0.2) is 44.2 Å². The van der Waals surface area contributed by atoms with E-state index in [-0.39, 0.29) is 23.6 Å². The highest BCUT2D eigenvalue weighted by Crippen LogP contribution is 2.50. The Morgan fingerprint density at radius 2 is 1.74 bits per heavy atom. The molecule has 1 saturated carbocycles. The maximum absolute atomic E-state index is 14.2. The molecule has 34 heavy (non-hydrogen) atoms. The number of benzene rings is 1. The predicted molar refractivity (Wildman–Crippen MR) is 110 cm³/mol. The van der Waals surface area contributed by atoms with E-state index in [1.54, 1.807) is 0 Å². The maximum atomic E-state index is 14.2. The van der Waals surface area contributed by atoms with E-state index in [1.165, 1.54) is 18.3 Å². The van der Waals surface area contributed by atoms with Crippen LogP contribution in [0.4, 0.5) is 36.4 Å². The molecule has 13 heteroatoms. The van der Waals surface area contributed by atoms with Crippen molar-refractivity contribution in [2.45, 2.75) is 42.2 Å². The number of hydrogen-bond acceptors (Lipinski definition) is 4. The number of nitrogens with zero attached hydrogens (tertiary/aromatic N) is 1. The van der Waals surface area contributed by atoms with Gasteiger partial charge in [0.15, 0.2) is 0 Å². The molecule has 1 unspecified atom stereocenters. The molecular weight excluding hydrogens is 493 g/mol. The minimum Gasteiger partial charge on any atom is -0.369 e. The Kier molecular flexibility index (Phi) is 6.74. The summed E-state index contributed by atoms with van der Waals surface area (Å²) in [6, 6.07) is 3.90. The minimum absolute atomic E-state index is 0.104. The molecule has 0 bridgehead atoms. The fourth-order valence-corrected chi connectivity index (χ4v) is 5.06. The third-order valence-electron chi connectivity index (χ3n) is 5.21. The van der Waals surface area contributed by atoms with Gasteiger partial charge >= 0.3 is 12.4 Å². The normalized spacial score (nSPS) is 16.7. The number of carbonyl (C=O) groups is 1. The Morgan fingerprint density at radius 1 is 1.12 bits per heavy atom. The van der Waals surface area contributed by atoms with Gasteiger partial charge < -0.3 is 10.4 Å². The zero-order valence-corrected chi connectivity index (χ0v) is 18.2. The zero-order chi connectivity index (χ0) is 25.5. The molecule has 0 aliphatic heterocycles. The lowest BCUT2D eigenvalue weighted by molar-refractivity contribution is -0.377. The highest BCUT2D eigenvalue weighted by Gasteiger charge is 2.72. The standard InChI is InChI=1S/C21H19F7N2O3S/c1-34(33,11-12-2-3-12)18-7-4-13(10-29-18)8-17(31)30-14-5-6-15(16(22)9-14)19(32,20(23,24)25)21(26,27)28/h4-7,9-10,12,32H,1-3,8,11H2,(H,30,31). The smallest absolute Gasteiger partial charge is 0.369 e. The molecule has 5 nitrogen and oxygen atoms in total. The van der Waals surface area contributed by atoms with Crippen LogP contribution in [0.5, 0.6) is 0 Å². The van der Waals surface area contributed by atoms with Gasteiger partial charge in [0.25, 0.3) is 5.60 Å². The van der Waals surface area contributed by atoms with Crippen molar-refractivity contribution in [3.63, 3.8) is 0 Å². The van der Waals surface area contributed by atoms with Gasteiger partial charge in [-0.1, -0.05) is 12.1 Å². The van der Waals surface area contributed by atoms with Gasteiger partial charge in [-0.2, -0.15) is 26.3 Å². The lowest BCUT2D eigenvalue weighted by Crippen LogP contribution is -2.54. The van der Waals surface area contributed by atoms with Crippen molar-refractivity contribution in [1.29, 1.82) is 0 Å². The van der Waals surface area contributed by atoms with Crippen molar-refractivity contribution in [1.82, 2.24) is 4.98 Å². The quantitative estimate of drug-likeness (QED) is 0.431. The number of nitrogens with one attached hydrogen (secondary N) is 1. The summed E-state index contributed by atoms with van der Waals surface area (Å²) < 4.78 is 105. The summed E-state index contributed by atoms with van der Waals surface area (Å²) in [7, 11) is -2.57. The van der Waals surface area contributed by atoms with Gasteiger partial charge in [0, 0.05) is 32.7 Å². The van der Waals surface area contributed by atoms with Crippen LogP contribution in [0.3, 0.4) is 0 Å². The number of rotatable bonds is 7. The average Bonchev–Trinajstić information content (AvgIpc) is 3.49. The molecule has 2 N–H and O–H groups in total. The first-order chi connectivity index (χ1) is 15.5. The third kappa shape index (κ3) is 5.35. The van der Waals surface area contributed by atoms with Gasteiger partial charge in [0.05, 0.1) is 6.42 Å². The number of halogens is 7. The molecule has 1 aromatic heterocycles. The number of carbonyl (C=O) groups excluding carboxylic acids is 1. The molecule has 1 aliphatic carbocycles. The van der Waals surface area contributed by atoms with Crippen molar-refractivity contribution < 1.29 is 44.8 Å². The number of pyridine rings is 1. The summed E-state index contributed by atoms with van der Waals surface area (Å²) in [5.41, 5.74) is -7.53. The number of aromatic nitrogens is 1. The fourth-order valence-electron chi connectivity index (χ4n) is 3.23. The highest BCUT2D eigenvalue weighted by atomic mass is 32.2. The van der Waals surface area contributed by atoms with Crippen LogP contribution in [0.1, 0.15) is 24.0 Å². The van der Waals surface area contributed by atoms with Gasteiger partial charge in [-0.15, -0.1) is 0 Å². The fraction of sp³-hybridized carbons (Fsp3) is 0.381. The molecule has 1 heterocycles. The molecule has 1 aromatic carbocycles. The minimum atomic E-state index is -6.24. The van der Waals surface area contributed by atoms with E-state index in [0.29, 0.717) is 23.3 Å². The molecule has 0 saturated heterocycles. The number of alkyl halides is 6. The molecule has 0 radical (unpaired) electrons. The van der Waals surface area contributed by atoms with E-state index < -0.39 is 50.5 Å². The van der Waals surface area contributed by atoms with Gasteiger partial charge in [-0.05, 0) is 48.4 Å². The molecule has 1 atom stereocenters.